The van der Waals surface area contributed by atoms with Gasteiger partial charge in [-0.15, -0.1) is 0 Å². The average Bonchev–Trinajstić information content (AvgIpc) is 2.60. The van der Waals surface area contributed by atoms with E-state index in [1.807, 2.05) is 39.0 Å². The Morgan fingerprint density at radius 2 is 1.93 bits per heavy atom. The van der Waals surface area contributed by atoms with Crippen LogP contribution in [0, 0.1) is 13.8 Å². The van der Waals surface area contributed by atoms with Gasteiger partial charge in [-0.25, -0.2) is 4.98 Å². The molecule has 0 saturated carbocycles. The molecule has 1 atom stereocenters. The first-order chi connectivity index (χ1) is 12.8. The lowest BCUT2D eigenvalue weighted by Crippen LogP contribution is -2.26. The van der Waals surface area contributed by atoms with Crippen molar-refractivity contribution in [2.45, 2.75) is 62.4 Å². The van der Waals surface area contributed by atoms with Crippen LogP contribution in [-0.4, -0.2) is 26.4 Å². The molecule has 0 radical (unpaired) electrons. The zero-order chi connectivity index (χ0) is 20.0. The Balaban J connectivity index is 2.14. The topological polar surface area (TPSA) is 74.8 Å². The van der Waals surface area contributed by atoms with Gasteiger partial charge >= 0.3 is 0 Å². The Morgan fingerprint density at radius 1 is 1.26 bits per heavy atom. The molecule has 0 fully saturated rings. The number of anilines is 1. The minimum Gasteiger partial charge on any atom is -0.325 e. The minimum absolute atomic E-state index is 0.0792. The van der Waals surface area contributed by atoms with Crippen molar-refractivity contribution >= 4 is 35.1 Å². The smallest absolute Gasteiger partial charge is 0.251 e. The first-order valence-electron chi connectivity index (χ1n) is 9.05. The summed E-state index contributed by atoms with van der Waals surface area (Å²) in [4.78, 5) is 32.0. The molecule has 0 bridgehead atoms. The Labute approximate surface area is 169 Å². The van der Waals surface area contributed by atoms with E-state index < -0.39 is 0 Å². The summed E-state index contributed by atoms with van der Waals surface area (Å²) in [5.74, 6) is 0.602. The van der Waals surface area contributed by atoms with Crippen LogP contribution in [-0.2, 0) is 10.5 Å². The number of benzene rings is 1. The molecule has 2 rings (SSSR count). The van der Waals surface area contributed by atoms with Gasteiger partial charge in [0.05, 0.1) is 10.9 Å². The summed E-state index contributed by atoms with van der Waals surface area (Å²) in [6.45, 7) is 10.1. The number of carbonyl (C=O) groups excluding carboxylic acids is 1. The van der Waals surface area contributed by atoms with Crippen molar-refractivity contribution in [1.82, 2.24) is 9.97 Å². The molecule has 0 spiro atoms. The fourth-order valence-electron chi connectivity index (χ4n) is 2.54. The minimum atomic E-state index is -0.333. The molecule has 2 aromatic rings. The molecule has 27 heavy (non-hydrogen) atoms. The van der Waals surface area contributed by atoms with Crippen molar-refractivity contribution in [3.8, 4) is 0 Å². The second-order valence-electron chi connectivity index (χ2n) is 6.67. The number of H-pyrrole nitrogens is 1. The SMILES string of the molecule is CCC(Sc1nc(CSC(C)C)cc(=O)[nH]1)C(=O)Nc1c(C)cccc1C. The first kappa shape index (κ1) is 21.6. The van der Waals surface area contributed by atoms with Gasteiger partial charge in [-0.1, -0.05) is 50.7 Å². The second-order valence-corrected chi connectivity index (χ2v) is 9.43. The maximum Gasteiger partial charge on any atom is 0.251 e. The van der Waals surface area contributed by atoms with Crippen LogP contribution in [0.5, 0.6) is 0 Å². The largest absolute Gasteiger partial charge is 0.325 e. The first-order valence-corrected chi connectivity index (χ1v) is 11.0. The molecule has 1 amide bonds. The van der Waals surface area contributed by atoms with Crippen molar-refractivity contribution in [3.63, 3.8) is 0 Å². The third-order valence-corrected chi connectivity index (χ3v) is 6.36. The molecule has 0 aliphatic heterocycles. The lowest BCUT2D eigenvalue weighted by atomic mass is 10.1. The molecule has 7 heteroatoms. The summed E-state index contributed by atoms with van der Waals surface area (Å²) < 4.78 is 0. The van der Waals surface area contributed by atoms with E-state index >= 15 is 0 Å². The molecule has 1 aromatic carbocycles. The zero-order valence-electron chi connectivity index (χ0n) is 16.5. The Morgan fingerprint density at radius 3 is 2.52 bits per heavy atom. The van der Waals surface area contributed by atoms with E-state index in [1.165, 1.54) is 17.8 Å². The number of rotatable bonds is 8. The maximum absolute atomic E-state index is 12.8. The van der Waals surface area contributed by atoms with Crippen LogP contribution in [0.2, 0.25) is 0 Å². The predicted octanol–water partition coefficient (Wildman–Crippen LogP) is 4.54. The van der Waals surface area contributed by atoms with Crippen molar-refractivity contribution < 1.29 is 4.79 Å². The number of carbonyl (C=O) groups is 1. The Bertz CT molecular complexity index is 829. The van der Waals surface area contributed by atoms with E-state index in [-0.39, 0.29) is 16.7 Å². The van der Waals surface area contributed by atoms with E-state index in [1.54, 1.807) is 11.8 Å². The van der Waals surface area contributed by atoms with Gasteiger partial charge in [0, 0.05) is 17.5 Å². The number of amides is 1. The highest BCUT2D eigenvalue weighted by molar-refractivity contribution is 8.00. The van der Waals surface area contributed by atoms with Crippen LogP contribution in [0.3, 0.4) is 0 Å². The van der Waals surface area contributed by atoms with Crippen LogP contribution < -0.4 is 10.9 Å². The summed E-state index contributed by atoms with van der Waals surface area (Å²) >= 11 is 3.04. The van der Waals surface area contributed by atoms with Crippen LogP contribution in [0.4, 0.5) is 5.69 Å². The summed E-state index contributed by atoms with van der Waals surface area (Å²) in [5.41, 5.74) is 3.47. The fourth-order valence-corrected chi connectivity index (χ4v) is 4.12. The molecule has 5 nitrogen and oxygen atoms in total. The van der Waals surface area contributed by atoms with Gasteiger partial charge in [0.2, 0.25) is 5.91 Å². The molecule has 1 aromatic heterocycles. The summed E-state index contributed by atoms with van der Waals surface area (Å²) in [7, 11) is 0. The highest BCUT2D eigenvalue weighted by Gasteiger charge is 2.21. The number of hydrogen-bond acceptors (Lipinski definition) is 5. The van der Waals surface area contributed by atoms with E-state index in [4.69, 9.17) is 0 Å². The second kappa shape index (κ2) is 9.99. The monoisotopic (exact) mass is 405 g/mol. The standard InChI is InChI=1S/C20H27N3O2S2/c1-6-16(19(25)23-18-13(4)8-7-9-14(18)5)27-20-21-15(10-17(24)22-20)11-26-12(2)3/h7-10,12,16H,6,11H2,1-5H3,(H,23,25)(H,21,22,24). The van der Waals surface area contributed by atoms with Gasteiger partial charge in [0.1, 0.15) is 0 Å². The molecule has 146 valence electrons. The average molecular weight is 406 g/mol. The summed E-state index contributed by atoms with van der Waals surface area (Å²) in [6, 6.07) is 7.45. The van der Waals surface area contributed by atoms with Crippen LogP contribution in [0.15, 0.2) is 34.2 Å². The summed E-state index contributed by atoms with van der Waals surface area (Å²) in [6.07, 6.45) is 0.635. The Kier molecular flexibility index (Phi) is 7.98. The normalized spacial score (nSPS) is 12.2. The van der Waals surface area contributed by atoms with Crippen LogP contribution in [0.1, 0.15) is 44.0 Å². The van der Waals surface area contributed by atoms with E-state index in [0.29, 0.717) is 22.6 Å². The fraction of sp³-hybridized carbons (Fsp3) is 0.450. The number of aryl methyl sites for hydroxylation is 2. The molecule has 1 heterocycles. The van der Waals surface area contributed by atoms with Crippen LogP contribution >= 0.6 is 23.5 Å². The number of hydrogen-bond donors (Lipinski definition) is 2. The van der Waals surface area contributed by atoms with Crippen molar-refractivity contribution in [3.05, 3.63) is 51.4 Å². The molecular formula is C20H27N3O2S2. The highest BCUT2D eigenvalue weighted by atomic mass is 32.2. The van der Waals surface area contributed by atoms with Crippen LogP contribution in [0.25, 0.3) is 0 Å². The van der Waals surface area contributed by atoms with Gasteiger partial charge in [0.15, 0.2) is 5.16 Å². The number of aromatic nitrogens is 2. The third kappa shape index (κ3) is 6.43. The van der Waals surface area contributed by atoms with Gasteiger partial charge in [-0.3, -0.25) is 9.59 Å². The van der Waals surface area contributed by atoms with Gasteiger partial charge in [-0.2, -0.15) is 11.8 Å². The molecular weight excluding hydrogens is 378 g/mol. The quantitative estimate of drug-likeness (QED) is 0.498. The molecule has 1 unspecified atom stereocenters. The lowest BCUT2D eigenvalue weighted by molar-refractivity contribution is -0.115. The van der Waals surface area contributed by atoms with Crippen molar-refractivity contribution in [1.29, 1.82) is 0 Å². The number of aromatic amines is 1. The number of nitrogens with zero attached hydrogens (tertiary/aromatic N) is 1. The van der Waals surface area contributed by atoms with E-state index in [9.17, 15) is 9.59 Å². The zero-order valence-corrected chi connectivity index (χ0v) is 18.1. The summed E-state index contributed by atoms with van der Waals surface area (Å²) in [5, 5.41) is 3.66. The highest BCUT2D eigenvalue weighted by Crippen LogP contribution is 2.26. The van der Waals surface area contributed by atoms with Gasteiger partial charge in [-0.05, 0) is 36.6 Å². The van der Waals surface area contributed by atoms with Crippen molar-refractivity contribution in [2.75, 3.05) is 5.32 Å². The molecule has 0 aliphatic rings. The predicted molar refractivity (Wildman–Crippen MR) is 116 cm³/mol. The van der Waals surface area contributed by atoms with Gasteiger partial charge in [0.25, 0.3) is 5.56 Å². The maximum atomic E-state index is 12.8. The number of para-hydroxylation sites is 1. The number of nitrogens with one attached hydrogen (secondary N) is 2. The van der Waals surface area contributed by atoms with E-state index in [0.717, 1.165) is 22.5 Å². The van der Waals surface area contributed by atoms with E-state index in [2.05, 4.69) is 29.1 Å². The number of thioether (sulfide) groups is 2. The van der Waals surface area contributed by atoms with Gasteiger partial charge < -0.3 is 10.3 Å². The molecule has 0 saturated heterocycles. The van der Waals surface area contributed by atoms with Crippen molar-refractivity contribution in [2.24, 2.45) is 0 Å². The Hall–Kier alpha value is -1.73. The third-order valence-electron chi connectivity index (χ3n) is 3.98. The lowest BCUT2D eigenvalue weighted by Gasteiger charge is -2.17. The molecule has 2 N–H and O–H groups in total. The molecule has 0 aliphatic carbocycles.